The molecule has 1 N–H and O–H groups in total. The van der Waals surface area contributed by atoms with Crippen molar-refractivity contribution >= 4 is 34.4 Å². The van der Waals surface area contributed by atoms with Gasteiger partial charge in [0.1, 0.15) is 17.3 Å². The van der Waals surface area contributed by atoms with Crippen molar-refractivity contribution in [1.82, 2.24) is 0 Å². The maximum Gasteiger partial charge on any atom is 0.322 e. The first-order chi connectivity index (χ1) is 14.3. The molecule has 1 atom stereocenters. The number of ether oxygens (including phenoxy) is 1. The number of fused-ring (bicyclic) bond motifs is 1. The second kappa shape index (κ2) is 8.77. The molecule has 8 heteroatoms. The van der Waals surface area contributed by atoms with E-state index in [-0.39, 0.29) is 24.1 Å². The van der Waals surface area contributed by atoms with Crippen LogP contribution < -0.4 is 0 Å². The minimum atomic E-state index is -1.77. The van der Waals surface area contributed by atoms with Gasteiger partial charge in [-0.3, -0.25) is 14.6 Å². The highest BCUT2D eigenvalue weighted by molar-refractivity contribution is 6.18. The normalized spacial score (nSPS) is 12.3. The summed E-state index contributed by atoms with van der Waals surface area (Å²) in [6, 6.07) is 10.9. The van der Waals surface area contributed by atoms with Crippen LogP contribution in [0.2, 0.25) is 0 Å². The molecule has 1 unspecified atom stereocenters. The van der Waals surface area contributed by atoms with Gasteiger partial charge in [0.25, 0.3) is 0 Å². The van der Waals surface area contributed by atoms with Crippen molar-refractivity contribution in [2.45, 2.75) is 6.92 Å². The number of hydrogen-bond acceptors (Lipinski definition) is 5. The van der Waals surface area contributed by atoms with Crippen molar-refractivity contribution in [2.24, 2.45) is 10.9 Å². The first-order valence-corrected chi connectivity index (χ1v) is 8.93. The van der Waals surface area contributed by atoms with E-state index >= 15 is 0 Å². The molecule has 0 bridgehead atoms. The standard InChI is InChI=1S/C22H16F3NO4/c1-2-30-22(29)16(21(28)15-9-14(23)10-17(24)20(15)25)11-26-18-7-12-5-3-4-6-13(12)8-19(18)27/h3-11,16,27H,2H2,1H3. The van der Waals surface area contributed by atoms with Gasteiger partial charge in [-0.15, -0.1) is 0 Å². The topological polar surface area (TPSA) is 76.0 Å². The Labute approximate surface area is 169 Å². The van der Waals surface area contributed by atoms with E-state index in [1.54, 1.807) is 24.3 Å². The number of Topliss-reactive ketones (excluding diaryl/α,β-unsaturated/α-hetero) is 1. The zero-order valence-electron chi connectivity index (χ0n) is 15.7. The third-order valence-electron chi connectivity index (χ3n) is 4.29. The molecule has 3 aromatic rings. The van der Waals surface area contributed by atoms with Crippen LogP contribution in [0.3, 0.4) is 0 Å². The van der Waals surface area contributed by atoms with E-state index in [1.807, 2.05) is 0 Å². The Hall–Kier alpha value is -3.68. The SMILES string of the molecule is CCOC(=O)C(C=Nc1cc2ccccc2cc1O)C(=O)c1cc(F)cc(F)c1F. The lowest BCUT2D eigenvalue weighted by molar-refractivity contribution is -0.143. The molecule has 0 radical (unpaired) electrons. The molecule has 0 spiro atoms. The Morgan fingerprint density at radius 1 is 1.10 bits per heavy atom. The average Bonchev–Trinajstić information content (AvgIpc) is 2.71. The smallest absolute Gasteiger partial charge is 0.322 e. The van der Waals surface area contributed by atoms with Gasteiger partial charge in [-0.1, -0.05) is 24.3 Å². The van der Waals surface area contributed by atoms with Gasteiger partial charge in [-0.05, 0) is 35.9 Å². The summed E-state index contributed by atoms with van der Waals surface area (Å²) in [6.07, 6.45) is 0.854. The number of esters is 1. The Bertz CT molecular complexity index is 1160. The molecule has 0 aliphatic rings. The van der Waals surface area contributed by atoms with Crippen LogP contribution >= 0.6 is 0 Å². The number of benzene rings is 3. The van der Waals surface area contributed by atoms with Gasteiger partial charge < -0.3 is 9.84 Å². The van der Waals surface area contributed by atoms with E-state index in [9.17, 15) is 27.9 Å². The number of aromatic hydroxyl groups is 1. The Balaban J connectivity index is 2.02. The van der Waals surface area contributed by atoms with E-state index in [0.717, 1.165) is 17.0 Å². The molecule has 0 aromatic heterocycles. The molecule has 0 aliphatic carbocycles. The van der Waals surface area contributed by atoms with Crippen LogP contribution in [0.25, 0.3) is 10.8 Å². The van der Waals surface area contributed by atoms with Gasteiger partial charge in [0.15, 0.2) is 23.3 Å². The Morgan fingerprint density at radius 3 is 2.43 bits per heavy atom. The van der Waals surface area contributed by atoms with Crippen molar-refractivity contribution in [3.63, 3.8) is 0 Å². The van der Waals surface area contributed by atoms with E-state index in [1.165, 1.54) is 19.1 Å². The van der Waals surface area contributed by atoms with Crippen LogP contribution in [0.1, 0.15) is 17.3 Å². The van der Waals surface area contributed by atoms with Crippen molar-refractivity contribution in [3.8, 4) is 5.75 Å². The molecule has 3 aromatic carbocycles. The predicted octanol–water partition coefficient (Wildman–Crippen LogP) is 4.73. The molecule has 0 saturated carbocycles. The minimum absolute atomic E-state index is 0.0432. The van der Waals surface area contributed by atoms with Crippen molar-refractivity contribution in [1.29, 1.82) is 0 Å². The number of ketones is 1. The van der Waals surface area contributed by atoms with E-state index in [2.05, 4.69) is 4.99 Å². The van der Waals surface area contributed by atoms with E-state index < -0.39 is 40.7 Å². The number of halogens is 3. The summed E-state index contributed by atoms with van der Waals surface area (Å²) in [5, 5.41) is 11.6. The zero-order valence-corrected chi connectivity index (χ0v) is 15.7. The van der Waals surface area contributed by atoms with Crippen LogP contribution in [0.15, 0.2) is 53.5 Å². The van der Waals surface area contributed by atoms with Crippen molar-refractivity contribution in [3.05, 3.63) is 71.5 Å². The molecule has 5 nitrogen and oxygen atoms in total. The monoisotopic (exact) mass is 415 g/mol. The second-order valence-electron chi connectivity index (χ2n) is 6.31. The van der Waals surface area contributed by atoms with Crippen LogP contribution in [0, 0.1) is 23.4 Å². The molecular weight excluding hydrogens is 399 g/mol. The fraction of sp³-hybridized carbons (Fsp3) is 0.136. The van der Waals surface area contributed by atoms with Gasteiger partial charge in [-0.2, -0.15) is 0 Å². The number of phenols is 1. The van der Waals surface area contributed by atoms with Crippen LogP contribution in [-0.2, 0) is 9.53 Å². The highest BCUT2D eigenvalue weighted by Crippen LogP contribution is 2.31. The minimum Gasteiger partial charge on any atom is -0.506 e. The summed E-state index contributed by atoms with van der Waals surface area (Å²) in [4.78, 5) is 28.9. The van der Waals surface area contributed by atoms with Crippen molar-refractivity contribution < 1.29 is 32.6 Å². The van der Waals surface area contributed by atoms with Crippen molar-refractivity contribution in [2.75, 3.05) is 6.61 Å². The summed E-state index contributed by atoms with van der Waals surface area (Å²) < 4.78 is 45.9. The van der Waals surface area contributed by atoms with Gasteiger partial charge in [0.2, 0.25) is 0 Å². The molecule has 0 heterocycles. The first kappa shape index (κ1) is 21.0. The summed E-state index contributed by atoms with van der Waals surface area (Å²) in [7, 11) is 0. The molecule has 3 rings (SSSR count). The molecule has 0 fully saturated rings. The number of aliphatic imine (C=N–C) groups is 1. The molecule has 30 heavy (non-hydrogen) atoms. The van der Waals surface area contributed by atoms with Gasteiger partial charge in [0, 0.05) is 12.3 Å². The highest BCUT2D eigenvalue weighted by Gasteiger charge is 2.31. The third-order valence-corrected chi connectivity index (χ3v) is 4.29. The predicted molar refractivity (Wildman–Crippen MR) is 105 cm³/mol. The molecule has 0 amide bonds. The lowest BCUT2D eigenvalue weighted by Crippen LogP contribution is -2.28. The maximum atomic E-state index is 14.0. The summed E-state index contributed by atoms with van der Waals surface area (Å²) in [5.41, 5.74) is -0.901. The molecule has 0 saturated heterocycles. The first-order valence-electron chi connectivity index (χ1n) is 8.93. The van der Waals surface area contributed by atoms with Gasteiger partial charge in [-0.25, -0.2) is 13.2 Å². The van der Waals surface area contributed by atoms with Crippen LogP contribution in [0.4, 0.5) is 18.9 Å². The number of rotatable bonds is 6. The molecule has 0 aliphatic heterocycles. The lowest BCUT2D eigenvalue weighted by atomic mass is 9.97. The number of carbonyl (C=O) groups is 2. The maximum absolute atomic E-state index is 14.0. The highest BCUT2D eigenvalue weighted by atomic mass is 19.2. The summed E-state index contributed by atoms with van der Waals surface area (Å²) >= 11 is 0. The Kier molecular flexibility index (Phi) is 6.15. The van der Waals surface area contributed by atoms with Gasteiger partial charge in [0.05, 0.1) is 12.2 Å². The number of nitrogens with zero attached hydrogens (tertiary/aromatic N) is 1. The fourth-order valence-corrected chi connectivity index (χ4v) is 2.84. The fourth-order valence-electron chi connectivity index (χ4n) is 2.84. The summed E-state index contributed by atoms with van der Waals surface area (Å²) in [6.45, 7) is 1.41. The molecular formula is C22H16F3NO4. The van der Waals surface area contributed by atoms with Crippen LogP contribution in [-0.4, -0.2) is 29.7 Å². The third kappa shape index (κ3) is 4.32. The zero-order chi connectivity index (χ0) is 21.8. The van der Waals surface area contributed by atoms with Gasteiger partial charge >= 0.3 is 5.97 Å². The second-order valence-corrected chi connectivity index (χ2v) is 6.31. The number of hydrogen-bond donors (Lipinski definition) is 1. The molecule has 154 valence electrons. The Morgan fingerprint density at radius 2 is 1.77 bits per heavy atom. The number of carbonyl (C=O) groups excluding carboxylic acids is 2. The average molecular weight is 415 g/mol. The largest absolute Gasteiger partial charge is 0.506 e. The van der Waals surface area contributed by atoms with E-state index in [0.29, 0.717) is 6.07 Å². The number of phenolic OH excluding ortho intramolecular Hbond substituents is 1. The lowest BCUT2D eigenvalue weighted by Gasteiger charge is -2.12. The van der Waals surface area contributed by atoms with E-state index in [4.69, 9.17) is 4.74 Å². The van der Waals surface area contributed by atoms with Crippen LogP contribution in [0.5, 0.6) is 5.75 Å². The summed E-state index contributed by atoms with van der Waals surface area (Å²) in [5.74, 6) is -8.62. The quantitative estimate of drug-likeness (QED) is 0.208.